The predicted octanol–water partition coefficient (Wildman–Crippen LogP) is 2.50. The Morgan fingerprint density at radius 2 is 2.25 bits per heavy atom. The molecule has 0 aliphatic heterocycles. The van der Waals surface area contributed by atoms with Gasteiger partial charge in [0, 0.05) is 6.42 Å². The van der Waals surface area contributed by atoms with Gasteiger partial charge in [-0.15, -0.1) is 0 Å². The van der Waals surface area contributed by atoms with Crippen LogP contribution in [0.25, 0.3) is 0 Å². The third kappa shape index (κ3) is 3.45. The molecule has 0 aromatic rings. The summed E-state index contributed by atoms with van der Waals surface area (Å²) < 4.78 is 5.38. The Hall–Kier alpha value is -0.0900. The Bertz CT molecular complexity index is 255. The summed E-state index contributed by atoms with van der Waals surface area (Å²) in [5.74, 6) is 0.555. The summed E-state index contributed by atoms with van der Waals surface area (Å²) in [6, 6.07) is 0. The number of rotatable bonds is 3. The zero-order valence-electron chi connectivity index (χ0n) is 10.2. The number of halogens is 1. The van der Waals surface area contributed by atoms with Crippen molar-refractivity contribution in [3.05, 3.63) is 0 Å². The molecule has 1 rings (SSSR count). The fourth-order valence-electron chi connectivity index (χ4n) is 2.53. The summed E-state index contributed by atoms with van der Waals surface area (Å²) in [5, 5.41) is 10.3. The Morgan fingerprint density at radius 1 is 1.62 bits per heavy atom. The fraction of sp³-hybridized carbons (Fsp3) is 0.917. The van der Waals surface area contributed by atoms with E-state index in [9.17, 15) is 9.90 Å². The normalized spacial score (nSPS) is 35.1. The van der Waals surface area contributed by atoms with E-state index in [1.165, 1.54) is 0 Å². The second-order valence-electron chi connectivity index (χ2n) is 5.28. The smallest absolute Gasteiger partial charge is 0.317 e. The Labute approximate surface area is 106 Å². The van der Waals surface area contributed by atoms with Crippen molar-refractivity contribution < 1.29 is 14.6 Å². The minimum absolute atomic E-state index is 0.215. The lowest BCUT2D eigenvalue weighted by Gasteiger charge is -2.41. The summed E-state index contributed by atoms with van der Waals surface area (Å²) >= 11 is 3.08. The van der Waals surface area contributed by atoms with Crippen molar-refractivity contribution in [1.29, 1.82) is 0 Å². The summed E-state index contributed by atoms with van der Waals surface area (Å²) in [6.07, 6.45) is 1.95. The molecule has 3 nitrogen and oxygen atoms in total. The number of aliphatic hydroxyl groups is 1. The first-order valence-electron chi connectivity index (χ1n) is 5.84. The van der Waals surface area contributed by atoms with E-state index in [4.69, 9.17) is 4.74 Å². The van der Waals surface area contributed by atoms with Crippen LogP contribution in [0.15, 0.2) is 0 Å². The SMILES string of the molecule is CC(C)[C@@H]1CC[C@@](C)(OC(=O)CBr)C[C@H]1O. The van der Waals surface area contributed by atoms with E-state index < -0.39 is 5.60 Å². The maximum Gasteiger partial charge on any atom is 0.317 e. The van der Waals surface area contributed by atoms with Crippen molar-refractivity contribution in [2.75, 3.05) is 5.33 Å². The topological polar surface area (TPSA) is 46.5 Å². The Balaban J connectivity index is 2.58. The average molecular weight is 293 g/mol. The van der Waals surface area contributed by atoms with Gasteiger partial charge in [0.25, 0.3) is 0 Å². The van der Waals surface area contributed by atoms with Crippen molar-refractivity contribution >= 4 is 21.9 Å². The van der Waals surface area contributed by atoms with E-state index in [1.807, 2.05) is 6.92 Å². The maximum absolute atomic E-state index is 11.3. The van der Waals surface area contributed by atoms with Gasteiger partial charge in [0.2, 0.25) is 0 Å². The molecule has 0 unspecified atom stereocenters. The van der Waals surface area contributed by atoms with Gasteiger partial charge in [0.05, 0.1) is 6.10 Å². The molecule has 0 amide bonds. The van der Waals surface area contributed by atoms with Crippen LogP contribution in [-0.4, -0.2) is 28.1 Å². The van der Waals surface area contributed by atoms with E-state index in [0.717, 1.165) is 12.8 Å². The summed E-state index contributed by atoms with van der Waals surface area (Å²) in [7, 11) is 0. The summed E-state index contributed by atoms with van der Waals surface area (Å²) in [5.41, 5.74) is -0.490. The molecular formula is C12H21BrO3. The molecular weight excluding hydrogens is 272 g/mol. The van der Waals surface area contributed by atoms with Crippen molar-refractivity contribution in [1.82, 2.24) is 0 Å². The molecule has 1 saturated carbocycles. The second kappa shape index (κ2) is 5.50. The third-order valence-electron chi connectivity index (χ3n) is 3.47. The van der Waals surface area contributed by atoms with E-state index in [1.54, 1.807) is 0 Å². The molecule has 0 heterocycles. The minimum atomic E-state index is -0.490. The number of carbonyl (C=O) groups excluding carboxylic acids is 1. The van der Waals surface area contributed by atoms with Crippen LogP contribution in [0, 0.1) is 11.8 Å². The van der Waals surface area contributed by atoms with Crippen molar-refractivity contribution in [2.45, 2.75) is 51.7 Å². The highest BCUT2D eigenvalue weighted by molar-refractivity contribution is 9.09. The highest BCUT2D eigenvalue weighted by Crippen LogP contribution is 2.38. The van der Waals surface area contributed by atoms with Crippen LogP contribution < -0.4 is 0 Å². The van der Waals surface area contributed by atoms with E-state index >= 15 is 0 Å². The first-order valence-corrected chi connectivity index (χ1v) is 6.96. The molecule has 1 fully saturated rings. The molecule has 3 atom stereocenters. The molecule has 1 N–H and O–H groups in total. The fourth-order valence-corrected chi connectivity index (χ4v) is 2.65. The molecule has 0 spiro atoms. The largest absolute Gasteiger partial charge is 0.459 e. The Morgan fingerprint density at radius 3 is 2.69 bits per heavy atom. The van der Waals surface area contributed by atoms with Crippen LogP contribution in [0.2, 0.25) is 0 Å². The monoisotopic (exact) mass is 292 g/mol. The molecule has 4 heteroatoms. The lowest BCUT2D eigenvalue weighted by atomic mass is 9.73. The standard InChI is InChI=1S/C12H21BrO3/c1-8(2)9-4-5-12(3,6-10(9)14)16-11(15)7-13/h8-10,14H,4-7H2,1-3H3/t9-,10+,12+/m0/s1. The van der Waals surface area contributed by atoms with Gasteiger partial charge in [-0.1, -0.05) is 29.8 Å². The lowest BCUT2D eigenvalue weighted by Crippen LogP contribution is -2.44. The van der Waals surface area contributed by atoms with Crippen molar-refractivity contribution in [2.24, 2.45) is 11.8 Å². The number of alkyl halides is 1. The number of carbonyl (C=O) groups is 1. The van der Waals surface area contributed by atoms with E-state index in [2.05, 4.69) is 29.8 Å². The van der Waals surface area contributed by atoms with E-state index in [0.29, 0.717) is 18.3 Å². The molecule has 1 aliphatic rings. The van der Waals surface area contributed by atoms with Crippen LogP contribution in [0.3, 0.4) is 0 Å². The predicted molar refractivity (Wildman–Crippen MR) is 66.5 cm³/mol. The van der Waals surface area contributed by atoms with Gasteiger partial charge in [-0.2, -0.15) is 0 Å². The zero-order valence-corrected chi connectivity index (χ0v) is 11.8. The van der Waals surface area contributed by atoms with Gasteiger partial charge in [0.15, 0.2) is 0 Å². The highest BCUT2D eigenvalue weighted by Gasteiger charge is 2.40. The molecule has 0 saturated heterocycles. The molecule has 0 aromatic carbocycles. The van der Waals surface area contributed by atoms with Crippen LogP contribution in [0.1, 0.15) is 40.0 Å². The highest BCUT2D eigenvalue weighted by atomic mass is 79.9. The molecule has 0 bridgehead atoms. The molecule has 16 heavy (non-hydrogen) atoms. The van der Waals surface area contributed by atoms with Gasteiger partial charge >= 0.3 is 5.97 Å². The number of ether oxygens (including phenoxy) is 1. The number of aliphatic hydroxyl groups excluding tert-OH is 1. The van der Waals surface area contributed by atoms with Gasteiger partial charge in [-0.25, -0.2) is 0 Å². The second-order valence-corrected chi connectivity index (χ2v) is 5.84. The summed E-state index contributed by atoms with van der Waals surface area (Å²) in [4.78, 5) is 11.3. The number of hydrogen-bond donors (Lipinski definition) is 1. The number of esters is 1. The minimum Gasteiger partial charge on any atom is -0.459 e. The first kappa shape index (κ1) is 14.0. The molecule has 0 aromatic heterocycles. The van der Waals surface area contributed by atoms with Gasteiger partial charge in [0.1, 0.15) is 10.9 Å². The van der Waals surface area contributed by atoms with E-state index in [-0.39, 0.29) is 17.4 Å². The zero-order chi connectivity index (χ0) is 12.3. The summed E-state index contributed by atoms with van der Waals surface area (Å²) in [6.45, 7) is 6.16. The van der Waals surface area contributed by atoms with Gasteiger partial charge < -0.3 is 9.84 Å². The molecule has 1 aliphatic carbocycles. The average Bonchev–Trinajstić information content (AvgIpc) is 2.16. The van der Waals surface area contributed by atoms with Gasteiger partial charge in [-0.3, -0.25) is 4.79 Å². The molecule has 94 valence electrons. The quantitative estimate of drug-likeness (QED) is 0.642. The van der Waals surface area contributed by atoms with Crippen LogP contribution in [0.4, 0.5) is 0 Å². The number of hydrogen-bond acceptors (Lipinski definition) is 3. The van der Waals surface area contributed by atoms with Gasteiger partial charge in [-0.05, 0) is 31.6 Å². The van der Waals surface area contributed by atoms with Crippen molar-refractivity contribution in [3.63, 3.8) is 0 Å². The maximum atomic E-state index is 11.3. The van der Waals surface area contributed by atoms with Crippen LogP contribution in [-0.2, 0) is 9.53 Å². The first-order chi connectivity index (χ1) is 7.38. The van der Waals surface area contributed by atoms with Crippen LogP contribution >= 0.6 is 15.9 Å². The van der Waals surface area contributed by atoms with Crippen molar-refractivity contribution in [3.8, 4) is 0 Å². The lowest BCUT2D eigenvalue weighted by molar-refractivity contribution is -0.164. The molecule has 0 radical (unpaired) electrons. The third-order valence-corrected chi connectivity index (χ3v) is 3.93. The van der Waals surface area contributed by atoms with Crippen LogP contribution in [0.5, 0.6) is 0 Å². The Kier molecular flexibility index (Phi) is 4.80.